The number of rotatable bonds is 5. The maximum Gasteiger partial charge on any atom is 0.0570 e. The molecular weight excluding hydrogens is 230 g/mol. The molecule has 0 bridgehead atoms. The summed E-state index contributed by atoms with van der Waals surface area (Å²) in [5.41, 5.74) is 4.45. The van der Waals surface area contributed by atoms with Gasteiger partial charge in [-0.25, -0.2) is 0 Å². The third-order valence-electron chi connectivity index (χ3n) is 3.00. The van der Waals surface area contributed by atoms with Crippen LogP contribution >= 0.6 is 0 Å². The Balaban J connectivity index is 3.55. The zero-order valence-corrected chi connectivity index (χ0v) is 12.4. The van der Waals surface area contributed by atoms with Crippen LogP contribution in [0.2, 0.25) is 0 Å². The van der Waals surface area contributed by atoms with Crippen LogP contribution in [0.3, 0.4) is 0 Å². The number of nitrogens with zero attached hydrogens (tertiary/aromatic N) is 1. The lowest BCUT2D eigenvalue weighted by Crippen LogP contribution is -2.08. The van der Waals surface area contributed by atoms with Gasteiger partial charge in [-0.1, -0.05) is 44.6 Å². The van der Waals surface area contributed by atoms with Crippen LogP contribution < -0.4 is 0 Å². The first kappa shape index (κ1) is 15.1. The van der Waals surface area contributed by atoms with E-state index in [0.717, 1.165) is 23.4 Å². The first-order valence-corrected chi connectivity index (χ1v) is 6.68. The van der Waals surface area contributed by atoms with Gasteiger partial charge in [0.25, 0.3) is 0 Å². The molecule has 0 aliphatic heterocycles. The van der Waals surface area contributed by atoms with Crippen molar-refractivity contribution in [2.24, 2.45) is 5.92 Å². The maximum absolute atomic E-state index is 5.68. The lowest BCUT2D eigenvalue weighted by Gasteiger charge is -2.12. The van der Waals surface area contributed by atoms with Crippen LogP contribution in [-0.4, -0.2) is 4.57 Å². The van der Waals surface area contributed by atoms with E-state index in [2.05, 4.69) is 50.0 Å². The second-order valence-electron chi connectivity index (χ2n) is 5.01. The van der Waals surface area contributed by atoms with Crippen molar-refractivity contribution in [2.75, 3.05) is 0 Å². The first-order chi connectivity index (χ1) is 9.06. The van der Waals surface area contributed by atoms with Gasteiger partial charge in [0, 0.05) is 12.2 Å². The summed E-state index contributed by atoms with van der Waals surface area (Å²) in [5.74, 6) is 3.39. The zero-order chi connectivity index (χ0) is 14.4. The molecule has 0 saturated carbocycles. The second-order valence-corrected chi connectivity index (χ2v) is 5.01. The Labute approximate surface area is 117 Å². The van der Waals surface area contributed by atoms with Gasteiger partial charge >= 0.3 is 0 Å². The molecule has 0 aromatic carbocycles. The van der Waals surface area contributed by atoms with E-state index in [1.807, 2.05) is 19.1 Å². The molecule has 0 saturated heterocycles. The Morgan fingerprint density at radius 3 is 2.47 bits per heavy atom. The van der Waals surface area contributed by atoms with Gasteiger partial charge < -0.3 is 4.57 Å². The highest BCUT2D eigenvalue weighted by Gasteiger charge is 2.16. The van der Waals surface area contributed by atoms with Crippen molar-refractivity contribution >= 4 is 12.2 Å². The standard InChI is InChI=1S/C18H23N/c1-7-10-12-17-15(6)16(9-3)18(11-8-2)19(17)13-14(4)5/h3,7-8,10-12,14H,1,13H2,2,4-6H3/b11-8-,12-10-. The van der Waals surface area contributed by atoms with E-state index in [4.69, 9.17) is 6.42 Å². The molecule has 1 rings (SSSR count). The molecular formula is C18H23N. The lowest BCUT2D eigenvalue weighted by atomic mass is 10.1. The van der Waals surface area contributed by atoms with Gasteiger partial charge in [-0.3, -0.25) is 0 Å². The molecule has 0 atom stereocenters. The SMILES string of the molecule is C#Cc1c(C)c(/C=C\C=C)n(CC(C)C)c1/C=C\C. The largest absolute Gasteiger partial charge is 0.340 e. The minimum Gasteiger partial charge on any atom is -0.340 e. The van der Waals surface area contributed by atoms with Crippen LogP contribution in [0, 0.1) is 25.2 Å². The Morgan fingerprint density at radius 2 is 2.00 bits per heavy atom. The fourth-order valence-electron chi connectivity index (χ4n) is 2.24. The highest BCUT2D eigenvalue weighted by atomic mass is 15.0. The van der Waals surface area contributed by atoms with Gasteiger partial charge in [0.1, 0.15) is 0 Å². The number of terminal acetylenes is 1. The molecule has 0 aliphatic rings. The molecule has 0 fully saturated rings. The smallest absolute Gasteiger partial charge is 0.0570 e. The molecule has 0 aliphatic carbocycles. The molecule has 0 N–H and O–H groups in total. The highest BCUT2D eigenvalue weighted by Crippen LogP contribution is 2.25. The molecule has 1 aromatic heterocycles. The van der Waals surface area contributed by atoms with Gasteiger partial charge in [0.15, 0.2) is 0 Å². The third-order valence-corrected chi connectivity index (χ3v) is 3.00. The van der Waals surface area contributed by atoms with Gasteiger partial charge in [-0.05, 0) is 37.5 Å². The topological polar surface area (TPSA) is 4.93 Å². The molecule has 0 amide bonds. The summed E-state index contributed by atoms with van der Waals surface area (Å²) in [4.78, 5) is 0. The van der Waals surface area contributed by atoms with E-state index in [9.17, 15) is 0 Å². The van der Waals surface area contributed by atoms with E-state index in [0.29, 0.717) is 5.92 Å². The summed E-state index contributed by atoms with van der Waals surface area (Å²) < 4.78 is 2.30. The molecule has 1 heterocycles. The molecule has 0 spiro atoms. The molecule has 0 radical (unpaired) electrons. The van der Waals surface area contributed by atoms with Gasteiger partial charge in [0.05, 0.1) is 11.3 Å². The summed E-state index contributed by atoms with van der Waals surface area (Å²) in [7, 11) is 0. The summed E-state index contributed by atoms with van der Waals surface area (Å²) in [6, 6.07) is 0. The quantitative estimate of drug-likeness (QED) is 0.531. The summed E-state index contributed by atoms with van der Waals surface area (Å²) >= 11 is 0. The minimum absolute atomic E-state index is 0.567. The van der Waals surface area contributed by atoms with Gasteiger partial charge in [-0.15, -0.1) is 6.42 Å². The Bertz CT molecular complexity index is 545. The number of aromatic nitrogens is 1. The van der Waals surface area contributed by atoms with Crippen LogP contribution in [0.25, 0.3) is 12.2 Å². The average molecular weight is 253 g/mol. The van der Waals surface area contributed by atoms with Crippen LogP contribution in [-0.2, 0) is 6.54 Å². The average Bonchev–Trinajstić information content (AvgIpc) is 2.59. The first-order valence-electron chi connectivity index (χ1n) is 6.68. The summed E-state index contributed by atoms with van der Waals surface area (Å²) in [5, 5.41) is 0. The van der Waals surface area contributed by atoms with Gasteiger partial charge in [0.2, 0.25) is 0 Å². The molecule has 1 aromatic rings. The van der Waals surface area contributed by atoms with E-state index < -0.39 is 0 Å². The Kier molecular flexibility index (Phi) is 5.45. The van der Waals surface area contributed by atoms with Crippen LogP contribution in [0.4, 0.5) is 0 Å². The van der Waals surface area contributed by atoms with Crippen LogP contribution in [0.1, 0.15) is 43.3 Å². The molecule has 1 heteroatoms. The predicted octanol–water partition coefficient (Wildman–Crippen LogP) is 4.67. The lowest BCUT2D eigenvalue weighted by molar-refractivity contribution is 0.519. The van der Waals surface area contributed by atoms with Gasteiger partial charge in [-0.2, -0.15) is 0 Å². The Morgan fingerprint density at radius 1 is 1.32 bits per heavy atom. The summed E-state index contributed by atoms with van der Waals surface area (Å²) in [6.07, 6.45) is 15.6. The van der Waals surface area contributed by atoms with Crippen molar-refractivity contribution in [1.29, 1.82) is 0 Å². The van der Waals surface area contributed by atoms with Crippen LogP contribution in [0.5, 0.6) is 0 Å². The van der Waals surface area contributed by atoms with E-state index in [1.165, 1.54) is 5.69 Å². The molecule has 1 nitrogen and oxygen atoms in total. The zero-order valence-electron chi connectivity index (χ0n) is 12.4. The van der Waals surface area contributed by atoms with Crippen molar-refractivity contribution < 1.29 is 0 Å². The maximum atomic E-state index is 5.68. The van der Waals surface area contributed by atoms with Crippen molar-refractivity contribution in [1.82, 2.24) is 4.57 Å². The highest BCUT2D eigenvalue weighted by molar-refractivity contribution is 5.67. The number of hydrogen-bond donors (Lipinski definition) is 0. The van der Waals surface area contributed by atoms with Crippen molar-refractivity contribution in [3.63, 3.8) is 0 Å². The van der Waals surface area contributed by atoms with E-state index in [1.54, 1.807) is 6.08 Å². The fourth-order valence-corrected chi connectivity index (χ4v) is 2.24. The minimum atomic E-state index is 0.567. The van der Waals surface area contributed by atoms with E-state index in [-0.39, 0.29) is 0 Å². The van der Waals surface area contributed by atoms with Crippen molar-refractivity contribution in [3.8, 4) is 12.3 Å². The van der Waals surface area contributed by atoms with Crippen LogP contribution in [0.15, 0.2) is 24.8 Å². The summed E-state index contributed by atoms with van der Waals surface area (Å²) in [6.45, 7) is 13.2. The predicted molar refractivity (Wildman–Crippen MR) is 85.9 cm³/mol. The Hall–Kier alpha value is -1.94. The molecule has 100 valence electrons. The fraction of sp³-hybridized carbons (Fsp3) is 0.333. The van der Waals surface area contributed by atoms with Crippen molar-refractivity contribution in [3.05, 3.63) is 47.3 Å². The molecule has 0 unspecified atom stereocenters. The second kappa shape index (κ2) is 6.85. The molecule has 19 heavy (non-hydrogen) atoms. The van der Waals surface area contributed by atoms with E-state index >= 15 is 0 Å². The van der Waals surface area contributed by atoms with Crippen molar-refractivity contribution in [2.45, 2.75) is 34.2 Å². The monoisotopic (exact) mass is 253 g/mol. The number of hydrogen-bond acceptors (Lipinski definition) is 0. The number of allylic oxidation sites excluding steroid dienone is 3. The normalized spacial score (nSPS) is 11.6. The third kappa shape index (κ3) is 3.29.